The number of nitriles is 1. The van der Waals surface area contributed by atoms with Crippen LogP contribution in [0.25, 0.3) is 0 Å². The first-order chi connectivity index (χ1) is 10.2. The van der Waals surface area contributed by atoms with Gasteiger partial charge in [0.25, 0.3) is 5.56 Å². The topological polar surface area (TPSA) is 58.3 Å². The van der Waals surface area contributed by atoms with Crippen molar-refractivity contribution in [2.45, 2.75) is 25.9 Å². The number of rotatable bonds is 6. The van der Waals surface area contributed by atoms with Gasteiger partial charge in [-0.15, -0.1) is 6.58 Å². The number of unbranched alkanes of at least 4 members (excludes halogenated alkanes) is 1. The van der Waals surface area contributed by atoms with Gasteiger partial charge >= 0.3 is 0 Å². The minimum Gasteiger partial charge on any atom is -0.379 e. The van der Waals surface area contributed by atoms with E-state index in [-0.39, 0.29) is 11.1 Å². The molecule has 0 atom stereocenters. The Morgan fingerprint density at radius 3 is 2.86 bits per heavy atom. The molecule has 21 heavy (non-hydrogen) atoms. The number of allylic oxidation sites excluding steroid dienone is 1. The fourth-order valence-electron chi connectivity index (χ4n) is 2.45. The normalized spacial score (nSPS) is 15.6. The number of ether oxygens (including phenoxy) is 1. The van der Waals surface area contributed by atoms with Crippen molar-refractivity contribution in [1.29, 1.82) is 5.26 Å². The van der Waals surface area contributed by atoms with Crippen LogP contribution in [0.5, 0.6) is 0 Å². The third-order valence-corrected chi connectivity index (χ3v) is 3.58. The van der Waals surface area contributed by atoms with Crippen LogP contribution in [-0.2, 0) is 17.8 Å². The highest BCUT2D eigenvalue weighted by molar-refractivity contribution is 5.30. The summed E-state index contributed by atoms with van der Waals surface area (Å²) in [7, 11) is 0. The van der Waals surface area contributed by atoms with Gasteiger partial charge in [-0.3, -0.25) is 9.69 Å². The molecule has 0 radical (unpaired) electrons. The van der Waals surface area contributed by atoms with Crippen LogP contribution in [0.15, 0.2) is 29.7 Å². The lowest BCUT2D eigenvalue weighted by Crippen LogP contribution is -2.36. The Bertz CT molecular complexity index is 580. The zero-order chi connectivity index (χ0) is 15.1. The minimum absolute atomic E-state index is 0.202. The monoisotopic (exact) mass is 287 g/mol. The molecule has 1 saturated heterocycles. The number of morpholine rings is 1. The van der Waals surface area contributed by atoms with Crippen molar-refractivity contribution < 1.29 is 4.74 Å². The highest BCUT2D eigenvalue weighted by atomic mass is 16.5. The third kappa shape index (κ3) is 4.28. The van der Waals surface area contributed by atoms with Gasteiger partial charge in [0.1, 0.15) is 11.6 Å². The van der Waals surface area contributed by atoms with Gasteiger partial charge < -0.3 is 9.30 Å². The van der Waals surface area contributed by atoms with Gasteiger partial charge in [-0.25, -0.2) is 0 Å². The van der Waals surface area contributed by atoms with E-state index in [9.17, 15) is 4.79 Å². The van der Waals surface area contributed by atoms with E-state index >= 15 is 0 Å². The largest absolute Gasteiger partial charge is 0.379 e. The smallest absolute Gasteiger partial charge is 0.268 e. The quantitative estimate of drug-likeness (QED) is 0.588. The van der Waals surface area contributed by atoms with Crippen LogP contribution in [0.3, 0.4) is 0 Å². The highest BCUT2D eigenvalue weighted by Gasteiger charge is 2.13. The number of pyridine rings is 1. The molecular formula is C16H21N3O2. The summed E-state index contributed by atoms with van der Waals surface area (Å²) in [6.45, 7) is 8.31. The second kappa shape index (κ2) is 7.77. The first-order valence-corrected chi connectivity index (χ1v) is 7.29. The SMILES string of the molecule is C=CCCCn1cc(CN2CCOCC2)cc(C#N)c1=O. The second-order valence-corrected chi connectivity index (χ2v) is 5.19. The van der Waals surface area contributed by atoms with Gasteiger partial charge in [0, 0.05) is 32.4 Å². The second-order valence-electron chi connectivity index (χ2n) is 5.19. The molecule has 0 aromatic carbocycles. The molecular weight excluding hydrogens is 266 g/mol. The summed E-state index contributed by atoms with van der Waals surface area (Å²) in [5, 5.41) is 9.13. The molecule has 1 fully saturated rings. The van der Waals surface area contributed by atoms with Crippen LogP contribution in [0.2, 0.25) is 0 Å². The van der Waals surface area contributed by atoms with Crippen LogP contribution in [-0.4, -0.2) is 35.8 Å². The van der Waals surface area contributed by atoms with E-state index in [2.05, 4.69) is 11.5 Å². The van der Waals surface area contributed by atoms with Crippen molar-refractivity contribution in [2.24, 2.45) is 0 Å². The Labute approximate surface area is 125 Å². The van der Waals surface area contributed by atoms with Crippen molar-refractivity contribution >= 4 is 0 Å². The van der Waals surface area contributed by atoms with Gasteiger partial charge in [0.2, 0.25) is 0 Å². The van der Waals surface area contributed by atoms with Crippen molar-refractivity contribution in [3.8, 4) is 6.07 Å². The van der Waals surface area contributed by atoms with Gasteiger partial charge in [-0.2, -0.15) is 5.26 Å². The molecule has 0 N–H and O–H groups in total. The molecule has 5 heteroatoms. The Hall–Kier alpha value is -1.90. The van der Waals surface area contributed by atoms with Crippen LogP contribution in [0.4, 0.5) is 0 Å². The van der Waals surface area contributed by atoms with Gasteiger partial charge in [-0.1, -0.05) is 6.08 Å². The lowest BCUT2D eigenvalue weighted by atomic mass is 10.2. The van der Waals surface area contributed by atoms with E-state index in [1.807, 2.05) is 18.3 Å². The summed E-state index contributed by atoms with van der Waals surface area (Å²) in [4.78, 5) is 14.4. The lowest BCUT2D eigenvalue weighted by molar-refractivity contribution is 0.0341. The molecule has 2 rings (SSSR count). The zero-order valence-electron chi connectivity index (χ0n) is 12.3. The molecule has 112 valence electrons. The van der Waals surface area contributed by atoms with Gasteiger partial charge in [0.15, 0.2) is 0 Å². The number of nitrogens with zero attached hydrogens (tertiary/aromatic N) is 3. The minimum atomic E-state index is -0.202. The predicted octanol–water partition coefficient (Wildman–Crippen LogP) is 1.52. The Morgan fingerprint density at radius 1 is 1.43 bits per heavy atom. The number of aromatic nitrogens is 1. The summed E-state index contributed by atoms with van der Waals surface area (Å²) in [5.41, 5.74) is 1.03. The third-order valence-electron chi connectivity index (χ3n) is 3.58. The number of hydrogen-bond donors (Lipinski definition) is 0. The fourth-order valence-corrected chi connectivity index (χ4v) is 2.45. The maximum atomic E-state index is 12.1. The summed E-state index contributed by atoms with van der Waals surface area (Å²) >= 11 is 0. The molecule has 0 amide bonds. The molecule has 0 bridgehead atoms. The van der Waals surface area contributed by atoms with Crippen molar-refractivity contribution in [3.63, 3.8) is 0 Å². The molecule has 2 heterocycles. The standard InChI is InChI=1S/C16H21N3O2/c1-2-3-4-5-19-13-14(10-15(11-17)16(19)20)12-18-6-8-21-9-7-18/h2,10,13H,1,3-9,12H2. The first-order valence-electron chi connectivity index (χ1n) is 7.29. The average molecular weight is 287 g/mol. The van der Waals surface area contributed by atoms with Crippen LogP contribution in [0.1, 0.15) is 24.0 Å². The van der Waals surface area contributed by atoms with E-state index in [1.165, 1.54) is 0 Å². The van der Waals surface area contributed by atoms with Crippen LogP contribution >= 0.6 is 0 Å². The maximum Gasteiger partial charge on any atom is 0.268 e. The molecule has 1 aromatic heterocycles. The highest BCUT2D eigenvalue weighted by Crippen LogP contribution is 2.08. The van der Waals surface area contributed by atoms with E-state index in [4.69, 9.17) is 10.00 Å². The van der Waals surface area contributed by atoms with Gasteiger partial charge in [-0.05, 0) is 24.5 Å². The fraction of sp³-hybridized carbons (Fsp3) is 0.500. The van der Waals surface area contributed by atoms with Crippen LogP contribution in [0, 0.1) is 11.3 Å². The summed E-state index contributed by atoms with van der Waals surface area (Å²) in [6.07, 6.45) is 5.44. The van der Waals surface area contributed by atoms with E-state index in [0.717, 1.165) is 51.3 Å². The van der Waals surface area contributed by atoms with Crippen molar-refractivity contribution in [3.05, 3.63) is 46.4 Å². The molecule has 1 aromatic rings. The molecule has 5 nitrogen and oxygen atoms in total. The molecule has 0 aliphatic carbocycles. The van der Waals surface area contributed by atoms with Crippen LogP contribution < -0.4 is 5.56 Å². The summed E-state index contributed by atoms with van der Waals surface area (Å²) in [6, 6.07) is 3.72. The molecule has 0 saturated carbocycles. The van der Waals surface area contributed by atoms with E-state index in [0.29, 0.717) is 6.54 Å². The molecule has 1 aliphatic rings. The first kappa shape index (κ1) is 15.5. The number of hydrogen-bond acceptors (Lipinski definition) is 4. The number of aryl methyl sites for hydroxylation is 1. The Morgan fingerprint density at radius 2 is 2.19 bits per heavy atom. The lowest BCUT2D eigenvalue weighted by Gasteiger charge is -2.26. The molecule has 0 unspecified atom stereocenters. The molecule has 0 spiro atoms. The Kier molecular flexibility index (Phi) is 5.73. The zero-order valence-corrected chi connectivity index (χ0v) is 12.3. The average Bonchev–Trinajstić information content (AvgIpc) is 2.51. The maximum absolute atomic E-state index is 12.1. The van der Waals surface area contributed by atoms with Crippen molar-refractivity contribution in [2.75, 3.05) is 26.3 Å². The summed E-state index contributed by atoms with van der Waals surface area (Å²) in [5.74, 6) is 0. The predicted molar refractivity (Wildman–Crippen MR) is 80.9 cm³/mol. The van der Waals surface area contributed by atoms with E-state index < -0.39 is 0 Å². The van der Waals surface area contributed by atoms with Gasteiger partial charge in [0.05, 0.1) is 13.2 Å². The summed E-state index contributed by atoms with van der Waals surface area (Å²) < 4.78 is 6.98. The van der Waals surface area contributed by atoms with Crippen molar-refractivity contribution in [1.82, 2.24) is 9.47 Å². The molecule has 1 aliphatic heterocycles. The van der Waals surface area contributed by atoms with E-state index in [1.54, 1.807) is 10.6 Å². The Balaban J connectivity index is 2.16.